The number of carbonyl (C=O) groups excluding carboxylic acids is 1. The van der Waals surface area contributed by atoms with Crippen LogP contribution in [0, 0.1) is 12.3 Å². The topological polar surface area (TPSA) is 26.3 Å². The molecule has 1 atom stereocenters. The van der Waals surface area contributed by atoms with E-state index in [1.165, 1.54) is 0 Å². The van der Waals surface area contributed by atoms with Crippen LogP contribution in [0.2, 0.25) is 0 Å². The highest BCUT2D eigenvalue weighted by Crippen LogP contribution is 2.12. The molecule has 1 rings (SSSR count). The molecular weight excluding hydrogens is 104 g/mol. The van der Waals surface area contributed by atoms with E-state index >= 15 is 0 Å². The van der Waals surface area contributed by atoms with E-state index in [1.54, 1.807) is 0 Å². The summed E-state index contributed by atoms with van der Waals surface area (Å²) >= 11 is 0. The van der Waals surface area contributed by atoms with Gasteiger partial charge < -0.3 is 4.74 Å². The maximum Gasteiger partial charge on any atom is 0.314 e. The van der Waals surface area contributed by atoms with Gasteiger partial charge in [0.15, 0.2) is 0 Å². The third kappa shape index (κ3) is 1.22. The van der Waals surface area contributed by atoms with Crippen LogP contribution >= 0.6 is 0 Å². The maximum absolute atomic E-state index is 10.3. The summed E-state index contributed by atoms with van der Waals surface area (Å²) in [6.45, 7) is 2.52. The van der Waals surface area contributed by atoms with E-state index in [4.69, 9.17) is 0 Å². The molecule has 1 saturated heterocycles. The van der Waals surface area contributed by atoms with Gasteiger partial charge in [0.25, 0.3) is 0 Å². The predicted octanol–water partition coefficient (Wildman–Crippen LogP) is 0.651. The van der Waals surface area contributed by atoms with Gasteiger partial charge >= 0.3 is 5.97 Å². The first-order chi connectivity index (χ1) is 3.79. The van der Waals surface area contributed by atoms with Crippen LogP contribution in [-0.2, 0) is 9.53 Å². The summed E-state index contributed by atoms with van der Waals surface area (Å²) in [7, 11) is 0. The Morgan fingerprint density at radius 1 is 1.88 bits per heavy atom. The van der Waals surface area contributed by atoms with Crippen molar-refractivity contribution in [3.63, 3.8) is 0 Å². The average molecular weight is 112 g/mol. The van der Waals surface area contributed by atoms with Crippen molar-refractivity contribution in [2.45, 2.75) is 13.3 Å². The first-order valence-electron chi connectivity index (χ1n) is 2.72. The van der Waals surface area contributed by atoms with E-state index in [9.17, 15) is 4.79 Å². The average Bonchev–Trinajstić information content (AvgIpc) is 1.64. The van der Waals surface area contributed by atoms with Crippen molar-refractivity contribution in [3.05, 3.63) is 6.42 Å². The number of esters is 1. The van der Waals surface area contributed by atoms with Crippen molar-refractivity contribution in [2.75, 3.05) is 6.61 Å². The normalized spacial score (nSPS) is 29.6. The van der Waals surface area contributed by atoms with E-state index in [0.29, 0.717) is 6.61 Å². The van der Waals surface area contributed by atoms with E-state index in [2.05, 4.69) is 11.2 Å². The lowest BCUT2D eigenvalue weighted by Gasteiger charge is -2.14. The molecule has 1 fully saturated rings. The smallest absolute Gasteiger partial charge is 0.314 e. The third-order valence-corrected chi connectivity index (χ3v) is 1.15. The minimum Gasteiger partial charge on any atom is -0.465 e. The molecule has 1 aliphatic rings. The monoisotopic (exact) mass is 112 g/mol. The highest BCUT2D eigenvalue weighted by atomic mass is 16.5. The summed E-state index contributed by atoms with van der Waals surface area (Å²) in [5.41, 5.74) is 0. The number of ether oxygens (including phenoxy) is 1. The molecule has 0 saturated carbocycles. The van der Waals surface area contributed by atoms with Gasteiger partial charge in [0, 0.05) is 0 Å². The van der Waals surface area contributed by atoms with E-state index in [1.807, 2.05) is 6.92 Å². The van der Waals surface area contributed by atoms with Crippen LogP contribution in [0.1, 0.15) is 13.3 Å². The van der Waals surface area contributed by atoms with Crippen LogP contribution in [0.15, 0.2) is 0 Å². The van der Waals surface area contributed by atoms with Crippen LogP contribution in [0.3, 0.4) is 0 Å². The molecular formula is C6H8O2. The van der Waals surface area contributed by atoms with E-state index in [-0.39, 0.29) is 11.9 Å². The van der Waals surface area contributed by atoms with Crippen molar-refractivity contribution in [1.29, 1.82) is 0 Å². The number of hydrogen-bond acceptors (Lipinski definition) is 2. The Balaban J connectivity index is 2.34. The molecule has 2 radical (unpaired) electrons. The zero-order chi connectivity index (χ0) is 5.98. The van der Waals surface area contributed by atoms with Crippen molar-refractivity contribution in [1.82, 2.24) is 0 Å². The summed E-state index contributed by atoms with van der Waals surface area (Å²) in [6.07, 6.45) is 3.54. The fraction of sp³-hybridized carbons (Fsp3) is 0.667. The summed E-state index contributed by atoms with van der Waals surface area (Å²) in [4.78, 5) is 10.3. The lowest BCUT2D eigenvalue weighted by molar-refractivity contribution is -0.143. The Labute approximate surface area is 48.8 Å². The van der Waals surface area contributed by atoms with Crippen LogP contribution < -0.4 is 0 Å². The molecule has 1 heterocycles. The molecule has 1 aliphatic heterocycles. The van der Waals surface area contributed by atoms with Gasteiger partial charge in [0.05, 0.1) is 6.61 Å². The summed E-state index contributed by atoms with van der Waals surface area (Å²) in [5, 5.41) is 0. The van der Waals surface area contributed by atoms with Gasteiger partial charge in [-0.25, -0.2) is 0 Å². The molecule has 2 heteroatoms. The van der Waals surface area contributed by atoms with Crippen molar-refractivity contribution >= 4 is 5.97 Å². The van der Waals surface area contributed by atoms with Crippen LogP contribution in [0.4, 0.5) is 0 Å². The van der Waals surface area contributed by atoms with Crippen LogP contribution in [-0.4, -0.2) is 12.6 Å². The number of rotatable bonds is 0. The van der Waals surface area contributed by atoms with Gasteiger partial charge in [-0.1, -0.05) is 6.92 Å². The number of cyclic esters (lactones) is 1. The molecule has 0 N–H and O–H groups in total. The van der Waals surface area contributed by atoms with Gasteiger partial charge in [-0.15, -0.1) is 0 Å². The van der Waals surface area contributed by atoms with Gasteiger partial charge in [-0.2, -0.15) is 0 Å². The van der Waals surface area contributed by atoms with Crippen LogP contribution in [0.5, 0.6) is 0 Å². The Bertz CT molecular complexity index is 98.7. The minimum absolute atomic E-state index is 0.288. The molecule has 2 nitrogen and oxygen atoms in total. The quantitative estimate of drug-likeness (QED) is 0.430. The summed E-state index contributed by atoms with van der Waals surface area (Å²) in [6, 6.07) is 0. The molecule has 0 aromatic carbocycles. The Kier molecular flexibility index (Phi) is 1.51. The predicted molar refractivity (Wildman–Crippen MR) is 28.0 cm³/mol. The second kappa shape index (κ2) is 2.16. The largest absolute Gasteiger partial charge is 0.465 e. The van der Waals surface area contributed by atoms with Crippen molar-refractivity contribution in [2.24, 2.45) is 5.92 Å². The molecule has 0 bridgehead atoms. The first kappa shape index (κ1) is 5.60. The zero-order valence-corrected chi connectivity index (χ0v) is 4.81. The number of hydrogen-bond donors (Lipinski definition) is 0. The molecule has 44 valence electrons. The lowest BCUT2D eigenvalue weighted by atomic mass is 10.0. The molecule has 0 aromatic rings. The van der Waals surface area contributed by atoms with Crippen LogP contribution in [0.25, 0.3) is 0 Å². The van der Waals surface area contributed by atoms with E-state index < -0.39 is 0 Å². The molecule has 0 aliphatic carbocycles. The Morgan fingerprint density at radius 3 is 3.00 bits per heavy atom. The van der Waals surface area contributed by atoms with Crippen molar-refractivity contribution < 1.29 is 9.53 Å². The summed E-state index contributed by atoms with van der Waals surface area (Å²) < 4.78 is 4.60. The highest BCUT2D eigenvalue weighted by molar-refractivity contribution is 5.79. The molecule has 1 unspecified atom stereocenters. The maximum atomic E-state index is 10.3. The van der Waals surface area contributed by atoms with E-state index in [0.717, 1.165) is 6.42 Å². The van der Waals surface area contributed by atoms with Gasteiger partial charge in [-0.05, 0) is 12.3 Å². The Hall–Kier alpha value is -0.530. The number of carbonyl (C=O) groups is 1. The highest BCUT2D eigenvalue weighted by Gasteiger charge is 2.16. The molecule has 0 aromatic heterocycles. The Morgan fingerprint density at radius 2 is 2.62 bits per heavy atom. The van der Waals surface area contributed by atoms with Gasteiger partial charge in [0.2, 0.25) is 0 Å². The summed E-state index contributed by atoms with van der Waals surface area (Å²) in [5.74, 6) is 0.000000000000000222. The SMILES string of the molecule is CC1[C]C(=O)OCC1. The zero-order valence-electron chi connectivity index (χ0n) is 4.81. The standard InChI is InChI=1S/C6H8O2/c1-5-2-3-8-6(7)4-5/h5H,2-3H2,1H3. The third-order valence-electron chi connectivity index (χ3n) is 1.15. The fourth-order valence-corrected chi connectivity index (χ4v) is 0.643. The minimum atomic E-state index is -0.288. The molecule has 8 heavy (non-hydrogen) atoms. The van der Waals surface area contributed by atoms with Gasteiger partial charge in [-0.3, -0.25) is 4.79 Å². The van der Waals surface area contributed by atoms with Crippen molar-refractivity contribution in [3.8, 4) is 0 Å². The first-order valence-corrected chi connectivity index (χ1v) is 2.72. The lowest BCUT2D eigenvalue weighted by Crippen LogP contribution is -2.19. The molecule has 0 spiro atoms. The molecule has 0 amide bonds. The second-order valence-electron chi connectivity index (χ2n) is 1.97. The fourth-order valence-electron chi connectivity index (χ4n) is 0.643. The van der Waals surface area contributed by atoms with Gasteiger partial charge in [0.1, 0.15) is 6.42 Å². The second-order valence-corrected chi connectivity index (χ2v) is 1.97.